The Balaban J connectivity index is 1.69. The lowest BCUT2D eigenvalue weighted by molar-refractivity contribution is 0.0536. The second-order valence-corrected chi connectivity index (χ2v) is 4.57. The van der Waals surface area contributed by atoms with Crippen molar-refractivity contribution in [3.05, 3.63) is 35.4 Å². The first-order valence-corrected chi connectivity index (χ1v) is 6.03. The molecule has 0 radical (unpaired) electrons. The molecular weight excluding hydrogens is 216 g/mol. The maximum atomic E-state index is 12.1. The number of hydrogen-bond acceptors (Lipinski definition) is 3. The van der Waals surface area contributed by atoms with E-state index in [4.69, 9.17) is 4.74 Å². The summed E-state index contributed by atoms with van der Waals surface area (Å²) in [4.78, 5) is 14.0. The van der Waals surface area contributed by atoms with Crippen molar-refractivity contribution in [2.45, 2.75) is 12.6 Å². The number of fused-ring (bicyclic) bond motifs is 1. The lowest BCUT2D eigenvalue weighted by Gasteiger charge is -2.28. The fraction of sp³-hybridized carbons (Fsp3) is 0.462. The van der Waals surface area contributed by atoms with Crippen molar-refractivity contribution >= 4 is 5.91 Å². The molecular formula is C13H16N2O2. The molecule has 2 aliphatic heterocycles. The van der Waals surface area contributed by atoms with Gasteiger partial charge in [-0.05, 0) is 11.6 Å². The molecule has 0 aromatic heterocycles. The first kappa shape index (κ1) is 10.7. The van der Waals surface area contributed by atoms with E-state index in [2.05, 4.69) is 5.32 Å². The van der Waals surface area contributed by atoms with Gasteiger partial charge in [0.2, 0.25) is 0 Å². The first-order valence-electron chi connectivity index (χ1n) is 6.03. The molecule has 4 heteroatoms. The molecule has 2 heterocycles. The number of rotatable bonds is 2. The number of amides is 1. The van der Waals surface area contributed by atoms with Crippen LogP contribution in [-0.4, -0.2) is 43.2 Å². The van der Waals surface area contributed by atoms with Crippen LogP contribution in [0, 0.1) is 0 Å². The van der Waals surface area contributed by atoms with Crippen molar-refractivity contribution in [3.63, 3.8) is 0 Å². The Hall–Kier alpha value is -1.39. The van der Waals surface area contributed by atoms with Crippen LogP contribution in [0.1, 0.15) is 15.9 Å². The van der Waals surface area contributed by atoms with Gasteiger partial charge in [0.15, 0.2) is 0 Å². The highest BCUT2D eigenvalue weighted by Gasteiger charge is 2.29. The highest BCUT2D eigenvalue weighted by atomic mass is 16.5. The Morgan fingerprint density at radius 3 is 3.06 bits per heavy atom. The fourth-order valence-corrected chi connectivity index (χ4v) is 2.47. The molecule has 1 atom stereocenters. The normalized spacial score (nSPS) is 23.9. The number of carbonyl (C=O) groups excluding carboxylic acids is 1. The Bertz CT molecular complexity index is 427. The third-order valence-corrected chi connectivity index (χ3v) is 3.34. The zero-order chi connectivity index (χ0) is 11.7. The maximum absolute atomic E-state index is 12.1. The molecule has 3 rings (SSSR count). The standard InChI is InChI=1S/C13H16N2O2/c16-13-12-4-2-1-3-10(12)7-15(13)8-11-9-17-6-5-14-11/h1-4,11,14H,5-9H2. The third kappa shape index (κ3) is 2.06. The van der Waals surface area contributed by atoms with Crippen LogP contribution in [0.2, 0.25) is 0 Å². The van der Waals surface area contributed by atoms with Crippen molar-refractivity contribution < 1.29 is 9.53 Å². The highest BCUT2D eigenvalue weighted by Crippen LogP contribution is 2.22. The number of benzene rings is 1. The van der Waals surface area contributed by atoms with E-state index in [-0.39, 0.29) is 11.9 Å². The molecule has 90 valence electrons. The molecule has 1 amide bonds. The molecule has 0 aliphatic carbocycles. The highest BCUT2D eigenvalue weighted by molar-refractivity contribution is 5.98. The summed E-state index contributed by atoms with van der Waals surface area (Å²) in [6.45, 7) is 3.80. The average molecular weight is 232 g/mol. The summed E-state index contributed by atoms with van der Waals surface area (Å²) < 4.78 is 5.40. The number of hydrogen-bond donors (Lipinski definition) is 1. The van der Waals surface area contributed by atoms with E-state index in [1.807, 2.05) is 29.2 Å². The van der Waals surface area contributed by atoms with Gasteiger partial charge < -0.3 is 15.0 Å². The van der Waals surface area contributed by atoms with Gasteiger partial charge in [-0.2, -0.15) is 0 Å². The van der Waals surface area contributed by atoms with E-state index >= 15 is 0 Å². The summed E-state index contributed by atoms with van der Waals surface area (Å²) in [6.07, 6.45) is 0. The number of carbonyl (C=O) groups is 1. The van der Waals surface area contributed by atoms with E-state index in [0.29, 0.717) is 6.61 Å². The molecule has 2 aliphatic rings. The van der Waals surface area contributed by atoms with E-state index in [9.17, 15) is 4.79 Å². The van der Waals surface area contributed by atoms with Gasteiger partial charge in [0.25, 0.3) is 5.91 Å². The molecule has 1 aromatic carbocycles. The smallest absolute Gasteiger partial charge is 0.254 e. The van der Waals surface area contributed by atoms with Gasteiger partial charge in [-0.3, -0.25) is 4.79 Å². The Labute approximate surface area is 101 Å². The van der Waals surface area contributed by atoms with Gasteiger partial charge in [0, 0.05) is 31.2 Å². The van der Waals surface area contributed by atoms with Crippen LogP contribution in [0.4, 0.5) is 0 Å². The summed E-state index contributed by atoms with van der Waals surface area (Å²) in [5.41, 5.74) is 1.98. The second-order valence-electron chi connectivity index (χ2n) is 4.57. The van der Waals surface area contributed by atoms with Crippen LogP contribution in [0.25, 0.3) is 0 Å². The summed E-state index contributed by atoms with van der Waals surface area (Å²) in [5, 5.41) is 3.37. The average Bonchev–Trinajstić information content (AvgIpc) is 2.68. The molecule has 4 nitrogen and oxygen atoms in total. The predicted octanol–water partition coefficient (Wildman–Crippen LogP) is 0.631. The topological polar surface area (TPSA) is 41.6 Å². The summed E-state index contributed by atoms with van der Waals surface area (Å²) >= 11 is 0. The number of nitrogens with zero attached hydrogens (tertiary/aromatic N) is 1. The zero-order valence-corrected chi connectivity index (χ0v) is 9.69. The van der Waals surface area contributed by atoms with Crippen LogP contribution in [0.15, 0.2) is 24.3 Å². The quantitative estimate of drug-likeness (QED) is 0.813. The largest absolute Gasteiger partial charge is 0.378 e. The molecule has 1 saturated heterocycles. The summed E-state index contributed by atoms with van der Waals surface area (Å²) in [6, 6.07) is 8.10. The van der Waals surface area contributed by atoms with E-state index in [0.717, 1.165) is 37.4 Å². The zero-order valence-electron chi connectivity index (χ0n) is 9.69. The Morgan fingerprint density at radius 2 is 2.29 bits per heavy atom. The first-order chi connectivity index (χ1) is 8.34. The van der Waals surface area contributed by atoms with Crippen LogP contribution in [0.3, 0.4) is 0 Å². The number of nitrogens with one attached hydrogen (secondary N) is 1. The van der Waals surface area contributed by atoms with Gasteiger partial charge in [0.05, 0.1) is 13.2 Å². The lowest BCUT2D eigenvalue weighted by Crippen LogP contribution is -2.48. The number of ether oxygens (including phenoxy) is 1. The molecule has 1 N–H and O–H groups in total. The van der Waals surface area contributed by atoms with Crippen LogP contribution >= 0.6 is 0 Å². The number of morpholine rings is 1. The van der Waals surface area contributed by atoms with Crippen molar-refractivity contribution in [1.82, 2.24) is 10.2 Å². The van der Waals surface area contributed by atoms with Crippen molar-refractivity contribution in [1.29, 1.82) is 0 Å². The third-order valence-electron chi connectivity index (χ3n) is 3.34. The van der Waals surface area contributed by atoms with Crippen LogP contribution < -0.4 is 5.32 Å². The van der Waals surface area contributed by atoms with Crippen molar-refractivity contribution in [2.75, 3.05) is 26.3 Å². The Morgan fingerprint density at radius 1 is 1.41 bits per heavy atom. The molecule has 0 spiro atoms. The van der Waals surface area contributed by atoms with Gasteiger partial charge in [-0.15, -0.1) is 0 Å². The van der Waals surface area contributed by atoms with Crippen molar-refractivity contribution in [3.8, 4) is 0 Å². The summed E-state index contributed by atoms with van der Waals surface area (Å²) in [7, 11) is 0. The minimum Gasteiger partial charge on any atom is -0.378 e. The molecule has 1 unspecified atom stereocenters. The molecule has 1 fully saturated rings. The monoisotopic (exact) mass is 232 g/mol. The van der Waals surface area contributed by atoms with Crippen molar-refractivity contribution in [2.24, 2.45) is 0 Å². The minimum absolute atomic E-state index is 0.146. The van der Waals surface area contributed by atoms with Gasteiger partial charge in [-0.25, -0.2) is 0 Å². The SMILES string of the molecule is O=C1c2ccccc2CN1CC1COCCN1. The molecule has 0 bridgehead atoms. The van der Waals surface area contributed by atoms with Gasteiger partial charge in [0.1, 0.15) is 0 Å². The predicted molar refractivity (Wildman–Crippen MR) is 63.8 cm³/mol. The fourth-order valence-electron chi connectivity index (χ4n) is 2.47. The maximum Gasteiger partial charge on any atom is 0.254 e. The molecule has 17 heavy (non-hydrogen) atoms. The van der Waals surface area contributed by atoms with Gasteiger partial charge in [-0.1, -0.05) is 18.2 Å². The minimum atomic E-state index is 0.146. The van der Waals surface area contributed by atoms with E-state index in [1.165, 1.54) is 0 Å². The lowest BCUT2D eigenvalue weighted by atomic mass is 10.1. The second kappa shape index (κ2) is 4.47. The van der Waals surface area contributed by atoms with Crippen LogP contribution in [0.5, 0.6) is 0 Å². The van der Waals surface area contributed by atoms with E-state index in [1.54, 1.807) is 0 Å². The van der Waals surface area contributed by atoms with E-state index < -0.39 is 0 Å². The molecule has 0 saturated carbocycles. The molecule has 1 aromatic rings. The van der Waals surface area contributed by atoms with Crippen LogP contribution in [-0.2, 0) is 11.3 Å². The Kier molecular flexibility index (Phi) is 2.82. The van der Waals surface area contributed by atoms with Gasteiger partial charge >= 0.3 is 0 Å². The summed E-state index contributed by atoms with van der Waals surface area (Å²) in [5.74, 6) is 0.146.